The van der Waals surface area contributed by atoms with E-state index in [0.29, 0.717) is 5.13 Å². The summed E-state index contributed by atoms with van der Waals surface area (Å²) in [5.74, 6) is 1.52. The minimum Gasteiger partial charge on any atom is -0.493 e. The lowest BCUT2D eigenvalue weighted by atomic mass is 9.63. The number of hydrogen-bond acceptors (Lipinski definition) is 5. The van der Waals surface area contributed by atoms with Gasteiger partial charge in [0.05, 0.1) is 19.9 Å². The molecular formula is C15H18N2O2S. The Hall–Kier alpha value is -1.75. The molecule has 0 spiro atoms. The molecule has 0 atom stereocenters. The zero-order valence-electron chi connectivity index (χ0n) is 11.7. The predicted molar refractivity (Wildman–Crippen MR) is 80.7 cm³/mol. The third-order valence-corrected chi connectivity index (χ3v) is 4.83. The van der Waals surface area contributed by atoms with Crippen LogP contribution in [0.4, 0.5) is 5.13 Å². The number of anilines is 1. The van der Waals surface area contributed by atoms with E-state index in [4.69, 9.17) is 15.2 Å². The zero-order chi connectivity index (χ0) is 14.2. The van der Waals surface area contributed by atoms with Crippen molar-refractivity contribution < 1.29 is 9.47 Å². The molecule has 5 heteroatoms. The minimum absolute atomic E-state index is 0.00628. The monoisotopic (exact) mass is 290 g/mol. The highest BCUT2D eigenvalue weighted by atomic mass is 32.1. The van der Waals surface area contributed by atoms with Crippen LogP contribution in [0.5, 0.6) is 11.5 Å². The van der Waals surface area contributed by atoms with Crippen molar-refractivity contribution in [3.8, 4) is 11.5 Å². The molecule has 106 valence electrons. The fourth-order valence-electron chi connectivity index (χ4n) is 2.86. The highest BCUT2D eigenvalue weighted by Gasteiger charge is 2.42. The predicted octanol–water partition coefficient (Wildman–Crippen LogP) is 3.21. The first-order valence-corrected chi connectivity index (χ1v) is 7.51. The van der Waals surface area contributed by atoms with Crippen molar-refractivity contribution in [3.63, 3.8) is 0 Å². The van der Waals surface area contributed by atoms with Crippen molar-refractivity contribution in [2.24, 2.45) is 0 Å². The molecule has 0 bridgehead atoms. The van der Waals surface area contributed by atoms with Crippen LogP contribution in [-0.2, 0) is 5.41 Å². The number of nitrogens with zero attached hydrogens (tertiary/aromatic N) is 1. The number of ether oxygens (including phenoxy) is 2. The van der Waals surface area contributed by atoms with Crippen LogP contribution in [0.1, 0.15) is 30.5 Å². The number of hydrogen-bond donors (Lipinski definition) is 1. The summed E-state index contributed by atoms with van der Waals surface area (Å²) in [6.07, 6.45) is 3.42. The number of rotatable bonds is 4. The molecule has 1 aromatic carbocycles. The van der Waals surface area contributed by atoms with Gasteiger partial charge in [-0.1, -0.05) is 12.5 Å². The molecule has 0 aliphatic heterocycles. The van der Waals surface area contributed by atoms with Gasteiger partial charge in [-0.3, -0.25) is 0 Å². The summed E-state index contributed by atoms with van der Waals surface area (Å²) in [6, 6.07) is 6.13. The molecule has 1 heterocycles. The van der Waals surface area contributed by atoms with E-state index < -0.39 is 0 Å². The van der Waals surface area contributed by atoms with Crippen LogP contribution in [0.2, 0.25) is 0 Å². The van der Waals surface area contributed by atoms with Crippen LogP contribution in [0.3, 0.4) is 0 Å². The fraction of sp³-hybridized carbons (Fsp3) is 0.400. The third-order valence-electron chi connectivity index (χ3n) is 4.16. The second-order valence-corrected chi connectivity index (χ2v) is 5.97. The molecule has 1 saturated carbocycles. The molecule has 1 fully saturated rings. The largest absolute Gasteiger partial charge is 0.493 e. The molecule has 1 aliphatic carbocycles. The normalized spacial score (nSPS) is 16.5. The molecule has 0 saturated heterocycles. The number of thiazole rings is 1. The van der Waals surface area contributed by atoms with Crippen molar-refractivity contribution >= 4 is 16.5 Å². The Bertz CT molecular complexity index is 620. The van der Waals surface area contributed by atoms with Crippen LogP contribution < -0.4 is 15.2 Å². The van der Waals surface area contributed by atoms with Crippen molar-refractivity contribution in [1.82, 2.24) is 4.98 Å². The summed E-state index contributed by atoms with van der Waals surface area (Å²) >= 11 is 1.50. The van der Waals surface area contributed by atoms with E-state index >= 15 is 0 Å². The van der Waals surface area contributed by atoms with Crippen molar-refractivity contribution in [3.05, 3.63) is 34.8 Å². The third kappa shape index (κ3) is 1.93. The Kier molecular flexibility index (Phi) is 3.30. The number of nitrogens with two attached hydrogens (primary N) is 1. The Morgan fingerprint density at radius 3 is 2.45 bits per heavy atom. The van der Waals surface area contributed by atoms with Gasteiger partial charge in [0.15, 0.2) is 16.6 Å². The fourth-order valence-corrected chi connectivity index (χ4v) is 3.53. The second kappa shape index (κ2) is 4.98. The maximum Gasteiger partial charge on any atom is 0.180 e. The van der Waals surface area contributed by atoms with Gasteiger partial charge in [-0.25, -0.2) is 4.98 Å². The van der Waals surface area contributed by atoms with Gasteiger partial charge >= 0.3 is 0 Å². The molecule has 4 nitrogen and oxygen atoms in total. The van der Waals surface area contributed by atoms with Crippen molar-refractivity contribution in [1.29, 1.82) is 0 Å². The van der Waals surface area contributed by atoms with Crippen LogP contribution in [0.15, 0.2) is 23.6 Å². The first-order valence-electron chi connectivity index (χ1n) is 6.63. The smallest absolute Gasteiger partial charge is 0.180 e. The molecule has 0 amide bonds. The summed E-state index contributed by atoms with van der Waals surface area (Å²) in [5, 5.41) is 2.71. The summed E-state index contributed by atoms with van der Waals surface area (Å²) in [5.41, 5.74) is 8.10. The first-order chi connectivity index (χ1) is 9.69. The molecule has 2 aromatic rings. The van der Waals surface area contributed by atoms with E-state index in [-0.39, 0.29) is 5.41 Å². The number of nitrogen functional groups attached to an aromatic ring is 1. The maximum atomic E-state index is 5.80. The standard InChI is InChI=1S/C15H18N2O2S/c1-18-11-5-4-10(8-12(11)19-2)15(6-3-7-15)13-9-20-14(16)17-13/h4-5,8-9H,3,6-7H2,1-2H3,(H2,16,17). The summed E-state index contributed by atoms with van der Waals surface area (Å²) in [7, 11) is 3.31. The number of methoxy groups -OCH3 is 2. The molecular weight excluding hydrogens is 272 g/mol. The second-order valence-electron chi connectivity index (χ2n) is 5.08. The number of aromatic nitrogens is 1. The van der Waals surface area contributed by atoms with Gasteiger partial charge < -0.3 is 15.2 Å². The summed E-state index contributed by atoms with van der Waals surface area (Å²) < 4.78 is 10.7. The van der Waals surface area contributed by atoms with Crippen LogP contribution >= 0.6 is 11.3 Å². The van der Waals surface area contributed by atoms with E-state index in [2.05, 4.69) is 22.5 Å². The van der Waals surface area contributed by atoms with E-state index in [9.17, 15) is 0 Å². The highest BCUT2D eigenvalue weighted by molar-refractivity contribution is 7.13. The number of benzene rings is 1. The minimum atomic E-state index is -0.00628. The molecule has 20 heavy (non-hydrogen) atoms. The lowest BCUT2D eigenvalue weighted by molar-refractivity contribution is 0.292. The van der Waals surface area contributed by atoms with E-state index in [0.717, 1.165) is 30.0 Å². The molecule has 0 unspecified atom stereocenters. The lowest BCUT2D eigenvalue weighted by Gasteiger charge is -2.41. The SMILES string of the molecule is COc1ccc(C2(c3csc(N)n3)CCC2)cc1OC. The van der Waals surface area contributed by atoms with E-state index in [1.807, 2.05) is 6.07 Å². The average Bonchev–Trinajstić information content (AvgIpc) is 2.84. The van der Waals surface area contributed by atoms with Crippen molar-refractivity contribution in [2.75, 3.05) is 20.0 Å². The molecule has 3 rings (SSSR count). The lowest BCUT2D eigenvalue weighted by Crippen LogP contribution is -2.35. The summed E-state index contributed by atoms with van der Waals surface area (Å²) in [6.45, 7) is 0. The van der Waals surface area contributed by atoms with Gasteiger partial charge in [0, 0.05) is 10.8 Å². The first kappa shape index (κ1) is 13.2. The average molecular weight is 290 g/mol. The Labute approximate surface area is 122 Å². The van der Waals surface area contributed by atoms with Gasteiger partial charge in [0.2, 0.25) is 0 Å². The highest BCUT2D eigenvalue weighted by Crippen LogP contribution is 2.50. The molecule has 0 radical (unpaired) electrons. The van der Waals surface area contributed by atoms with E-state index in [1.54, 1.807) is 14.2 Å². The van der Waals surface area contributed by atoms with Crippen LogP contribution in [0.25, 0.3) is 0 Å². The maximum absolute atomic E-state index is 5.80. The van der Waals surface area contributed by atoms with E-state index in [1.165, 1.54) is 23.3 Å². The van der Waals surface area contributed by atoms with Crippen molar-refractivity contribution in [2.45, 2.75) is 24.7 Å². The zero-order valence-corrected chi connectivity index (χ0v) is 12.5. The van der Waals surface area contributed by atoms with Gasteiger partial charge in [-0.15, -0.1) is 11.3 Å². The van der Waals surface area contributed by atoms with Crippen LogP contribution in [0, 0.1) is 0 Å². The van der Waals surface area contributed by atoms with Gasteiger partial charge in [-0.2, -0.15) is 0 Å². The Balaban J connectivity index is 2.06. The van der Waals surface area contributed by atoms with Gasteiger partial charge in [-0.05, 0) is 30.5 Å². The molecule has 1 aromatic heterocycles. The quantitative estimate of drug-likeness (QED) is 0.939. The summed E-state index contributed by atoms with van der Waals surface area (Å²) in [4.78, 5) is 4.50. The molecule has 1 aliphatic rings. The van der Waals surface area contributed by atoms with Crippen LogP contribution in [-0.4, -0.2) is 19.2 Å². The van der Waals surface area contributed by atoms with Gasteiger partial charge in [0.25, 0.3) is 0 Å². The topological polar surface area (TPSA) is 57.4 Å². The Morgan fingerprint density at radius 2 is 1.95 bits per heavy atom. The van der Waals surface area contributed by atoms with Gasteiger partial charge in [0.1, 0.15) is 0 Å². The Morgan fingerprint density at radius 1 is 1.20 bits per heavy atom. The molecule has 2 N–H and O–H groups in total.